The first-order chi connectivity index (χ1) is 8.60. The van der Waals surface area contributed by atoms with Gasteiger partial charge < -0.3 is 10.6 Å². The second-order valence-corrected chi connectivity index (χ2v) is 5.26. The van der Waals surface area contributed by atoms with Gasteiger partial charge in [-0.05, 0) is 25.3 Å². The summed E-state index contributed by atoms with van der Waals surface area (Å²) in [6.07, 6.45) is 5.13. The van der Waals surface area contributed by atoms with E-state index in [1.807, 2.05) is 6.92 Å². The zero-order valence-corrected chi connectivity index (χ0v) is 11.4. The molecule has 1 fully saturated rings. The summed E-state index contributed by atoms with van der Waals surface area (Å²) in [7, 11) is 1.76. The van der Waals surface area contributed by atoms with E-state index in [1.54, 1.807) is 13.1 Å². The highest BCUT2D eigenvalue weighted by Crippen LogP contribution is 2.33. The molecule has 1 aromatic rings. The number of hydrogen-bond acceptors (Lipinski definition) is 3. The number of carbonyl (C=O) groups excluding carboxylic acids is 1. The lowest BCUT2D eigenvalue weighted by atomic mass is 10.1. The average Bonchev–Trinajstić information content (AvgIpc) is 3.13. The van der Waals surface area contributed by atoms with Crippen LogP contribution in [0.25, 0.3) is 0 Å². The number of pyridine rings is 1. The van der Waals surface area contributed by atoms with E-state index in [4.69, 9.17) is 11.6 Å². The summed E-state index contributed by atoms with van der Waals surface area (Å²) in [6, 6.07) is 1.86. The molecule has 0 aromatic carbocycles. The van der Waals surface area contributed by atoms with Crippen LogP contribution in [0.4, 0.5) is 5.82 Å². The molecule has 1 atom stereocenters. The summed E-state index contributed by atoms with van der Waals surface area (Å²) in [5.41, 5.74) is 0.471. The number of carbonyl (C=O) groups is 1. The molecule has 2 rings (SSSR count). The maximum atomic E-state index is 12.1. The minimum absolute atomic E-state index is 0.132. The summed E-state index contributed by atoms with van der Waals surface area (Å²) in [5.74, 6) is 1.30. The Bertz CT molecular complexity index is 446. The maximum absolute atomic E-state index is 12.1. The van der Waals surface area contributed by atoms with Crippen LogP contribution in [0.5, 0.6) is 0 Å². The Hall–Kier alpha value is -1.29. The van der Waals surface area contributed by atoms with E-state index in [2.05, 4.69) is 15.6 Å². The molecule has 18 heavy (non-hydrogen) atoms. The van der Waals surface area contributed by atoms with Crippen molar-refractivity contribution in [1.29, 1.82) is 0 Å². The van der Waals surface area contributed by atoms with Crippen molar-refractivity contribution >= 4 is 23.3 Å². The first-order valence-electron chi connectivity index (χ1n) is 6.24. The molecule has 0 spiro atoms. The number of halogens is 1. The number of rotatable bonds is 5. The summed E-state index contributed by atoms with van der Waals surface area (Å²) in [6.45, 7) is 2.03. The molecular weight excluding hydrogens is 250 g/mol. The van der Waals surface area contributed by atoms with Crippen molar-refractivity contribution in [3.63, 3.8) is 0 Å². The predicted octanol–water partition coefficient (Wildman–Crippen LogP) is 2.70. The molecule has 4 nitrogen and oxygen atoms in total. The van der Waals surface area contributed by atoms with E-state index in [1.165, 1.54) is 19.0 Å². The van der Waals surface area contributed by atoms with Crippen molar-refractivity contribution in [2.75, 3.05) is 12.4 Å². The number of hydrogen-bond donors (Lipinski definition) is 2. The van der Waals surface area contributed by atoms with Gasteiger partial charge in [-0.1, -0.05) is 24.4 Å². The monoisotopic (exact) mass is 267 g/mol. The van der Waals surface area contributed by atoms with Gasteiger partial charge in [0, 0.05) is 19.3 Å². The van der Waals surface area contributed by atoms with Crippen molar-refractivity contribution < 1.29 is 4.79 Å². The highest BCUT2D eigenvalue weighted by atomic mass is 35.5. The van der Waals surface area contributed by atoms with Crippen molar-refractivity contribution in [3.8, 4) is 0 Å². The summed E-state index contributed by atoms with van der Waals surface area (Å²) in [5, 5.41) is 6.26. The maximum Gasteiger partial charge on any atom is 0.253 e. The molecule has 0 aliphatic heterocycles. The third-order valence-corrected chi connectivity index (χ3v) is 3.42. The molecule has 1 aromatic heterocycles. The Kier molecular flexibility index (Phi) is 4.07. The van der Waals surface area contributed by atoms with Gasteiger partial charge in [0.1, 0.15) is 5.82 Å². The van der Waals surface area contributed by atoms with Gasteiger partial charge in [0.05, 0.1) is 10.6 Å². The second kappa shape index (κ2) is 5.57. The number of aromatic nitrogens is 1. The SMILES string of the molecule is CNc1cc(C(=O)NC(C)CC2CC2)c(Cl)cn1. The molecular formula is C13H18ClN3O. The van der Waals surface area contributed by atoms with Crippen LogP contribution in [0.3, 0.4) is 0 Å². The summed E-state index contributed by atoms with van der Waals surface area (Å²) < 4.78 is 0. The Balaban J connectivity index is 2.02. The number of amides is 1. The van der Waals surface area contributed by atoms with E-state index in [0.717, 1.165) is 12.3 Å². The fourth-order valence-corrected chi connectivity index (χ4v) is 2.15. The third kappa shape index (κ3) is 3.35. The molecule has 1 heterocycles. The molecule has 1 aliphatic rings. The molecule has 5 heteroatoms. The van der Waals surface area contributed by atoms with E-state index < -0.39 is 0 Å². The lowest BCUT2D eigenvalue weighted by Crippen LogP contribution is -2.33. The van der Waals surface area contributed by atoms with Crippen LogP contribution in [0.15, 0.2) is 12.3 Å². The Morgan fingerprint density at radius 2 is 2.33 bits per heavy atom. The fourth-order valence-electron chi connectivity index (χ4n) is 1.96. The first-order valence-corrected chi connectivity index (χ1v) is 6.62. The van der Waals surface area contributed by atoms with Gasteiger partial charge in [0.2, 0.25) is 0 Å². The Morgan fingerprint density at radius 1 is 1.61 bits per heavy atom. The first kappa shape index (κ1) is 13.1. The van der Waals surface area contributed by atoms with Crippen LogP contribution in [0.1, 0.15) is 36.5 Å². The molecule has 2 N–H and O–H groups in total. The minimum atomic E-state index is -0.132. The third-order valence-electron chi connectivity index (χ3n) is 3.12. The number of nitrogens with zero attached hydrogens (tertiary/aromatic N) is 1. The lowest BCUT2D eigenvalue weighted by Gasteiger charge is -2.14. The molecule has 0 radical (unpaired) electrons. The van der Waals surface area contributed by atoms with Crippen molar-refractivity contribution in [1.82, 2.24) is 10.3 Å². The van der Waals surface area contributed by atoms with E-state index in [9.17, 15) is 4.79 Å². The van der Waals surface area contributed by atoms with Gasteiger partial charge in [-0.15, -0.1) is 0 Å². The van der Waals surface area contributed by atoms with Crippen LogP contribution in [-0.4, -0.2) is 24.0 Å². The lowest BCUT2D eigenvalue weighted by molar-refractivity contribution is 0.0937. The fraction of sp³-hybridized carbons (Fsp3) is 0.538. The summed E-state index contributed by atoms with van der Waals surface area (Å²) in [4.78, 5) is 16.1. The largest absolute Gasteiger partial charge is 0.373 e. The smallest absolute Gasteiger partial charge is 0.253 e. The van der Waals surface area contributed by atoms with Crippen LogP contribution in [0.2, 0.25) is 5.02 Å². The topological polar surface area (TPSA) is 54.0 Å². The predicted molar refractivity (Wildman–Crippen MR) is 73.1 cm³/mol. The number of anilines is 1. The second-order valence-electron chi connectivity index (χ2n) is 4.85. The molecule has 0 saturated heterocycles. The van der Waals surface area contributed by atoms with E-state index >= 15 is 0 Å². The van der Waals surface area contributed by atoms with Crippen LogP contribution in [0, 0.1) is 5.92 Å². The Morgan fingerprint density at radius 3 is 2.94 bits per heavy atom. The van der Waals surface area contributed by atoms with Crippen molar-refractivity contribution in [2.24, 2.45) is 5.92 Å². The molecule has 1 unspecified atom stereocenters. The number of nitrogens with one attached hydrogen (secondary N) is 2. The molecule has 1 aliphatic carbocycles. The molecule has 98 valence electrons. The van der Waals surface area contributed by atoms with Gasteiger partial charge >= 0.3 is 0 Å². The zero-order chi connectivity index (χ0) is 13.1. The molecule has 1 amide bonds. The van der Waals surface area contributed by atoms with E-state index in [-0.39, 0.29) is 11.9 Å². The Labute approximate surface area is 112 Å². The van der Waals surface area contributed by atoms with Crippen molar-refractivity contribution in [2.45, 2.75) is 32.2 Å². The van der Waals surface area contributed by atoms with Gasteiger partial charge in [-0.3, -0.25) is 4.79 Å². The quantitative estimate of drug-likeness (QED) is 0.862. The minimum Gasteiger partial charge on any atom is -0.373 e. The highest BCUT2D eigenvalue weighted by Gasteiger charge is 2.24. The van der Waals surface area contributed by atoms with Gasteiger partial charge in [-0.2, -0.15) is 0 Å². The van der Waals surface area contributed by atoms with Crippen LogP contribution < -0.4 is 10.6 Å². The van der Waals surface area contributed by atoms with Crippen molar-refractivity contribution in [3.05, 3.63) is 22.8 Å². The standard InChI is InChI=1S/C13H18ClN3O/c1-8(5-9-3-4-9)17-13(18)10-6-12(15-2)16-7-11(10)14/h6-9H,3-5H2,1-2H3,(H,15,16)(H,17,18). The van der Waals surface area contributed by atoms with Crippen LogP contribution >= 0.6 is 11.6 Å². The van der Waals surface area contributed by atoms with Gasteiger partial charge in [0.15, 0.2) is 0 Å². The summed E-state index contributed by atoms with van der Waals surface area (Å²) >= 11 is 6.00. The van der Waals surface area contributed by atoms with Crippen LogP contribution in [-0.2, 0) is 0 Å². The highest BCUT2D eigenvalue weighted by molar-refractivity contribution is 6.33. The molecule has 0 bridgehead atoms. The average molecular weight is 268 g/mol. The zero-order valence-electron chi connectivity index (χ0n) is 10.7. The van der Waals surface area contributed by atoms with Gasteiger partial charge in [-0.25, -0.2) is 4.98 Å². The van der Waals surface area contributed by atoms with E-state index in [0.29, 0.717) is 16.4 Å². The molecule has 1 saturated carbocycles. The van der Waals surface area contributed by atoms with Gasteiger partial charge in [0.25, 0.3) is 5.91 Å². The normalized spacial score (nSPS) is 16.2.